The van der Waals surface area contributed by atoms with Crippen molar-refractivity contribution in [3.05, 3.63) is 0 Å². The molecule has 0 aromatic rings. The van der Waals surface area contributed by atoms with Crippen LogP contribution >= 0.6 is 10.7 Å². The van der Waals surface area contributed by atoms with E-state index in [0.29, 0.717) is 6.26 Å². The summed E-state index contributed by atoms with van der Waals surface area (Å²) >= 11 is 0. The van der Waals surface area contributed by atoms with Crippen LogP contribution in [0.1, 0.15) is 0 Å². The smallest absolute Gasteiger partial charge is 0.748 e. The maximum absolute atomic E-state index is 9.08. The molecule has 0 saturated heterocycles. The molecule has 0 aromatic heterocycles. The van der Waals surface area contributed by atoms with Crippen molar-refractivity contribution in [2.24, 2.45) is 0 Å². The predicted molar refractivity (Wildman–Crippen MR) is 33.0 cm³/mol. The molecule has 0 aliphatic rings. The van der Waals surface area contributed by atoms with Crippen molar-refractivity contribution in [3.63, 3.8) is 0 Å². The van der Waals surface area contributed by atoms with E-state index < -0.39 is 19.4 Å². The minimum atomic E-state index is -4.19. The van der Waals surface area contributed by atoms with Crippen molar-refractivity contribution in [1.82, 2.24) is 0 Å². The molecule has 0 atom stereocenters. The second kappa shape index (κ2) is 6.61. The third-order valence-corrected chi connectivity index (χ3v) is 0. The van der Waals surface area contributed by atoms with Crippen molar-refractivity contribution in [2.75, 3.05) is 6.26 Å². The van der Waals surface area contributed by atoms with Crippen LogP contribution in [-0.4, -0.2) is 32.2 Å². The molecule has 0 rings (SSSR count). The van der Waals surface area contributed by atoms with E-state index in [1.54, 1.807) is 0 Å². The third-order valence-electron chi connectivity index (χ3n) is 0. The largest absolute Gasteiger partial charge is 1.00 e. The fraction of sp³-hybridized carbons (Fsp3) is 1.00. The monoisotopic (exact) mass is 234 g/mol. The summed E-state index contributed by atoms with van der Waals surface area (Å²) in [5.41, 5.74) is 0. The van der Waals surface area contributed by atoms with E-state index in [0.717, 1.165) is 0 Å². The van der Waals surface area contributed by atoms with Gasteiger partial charge < -0.3 is 4.55 Å². The summed E-state index contributed by atoms with van der Waals surface area (Å²) in [5, 5.41) is 0. The molecule has 0 bridgehead atoms. The zero-order valence-corrected chi connectivity index (χ0v) is 10.1. The van der Waals surface area contributed by atoms with Crippen LogP contribution in [0.2, 0.25) is 0 Å². The Morgan fingerprint density at radius 3 is 1.27 bits per heavy atom. The Morgan fingerprint density at radius 2 is 1.27 bits per heavy atom. The van der Waals surface area contributed by atoms with Crippen LogP contribution in [0.5, 0.6) is 0 Å². The van der Waals surface area contributed by atoms with Crippen LogP contribution in [0.15, 0.2) is 0 Å². The van der Waals surface area contributed by atoms with E-state index in [2.05, 4.69) is 10.7 Å². The number of hydrogen-bond donors (Lipinski definition) is 1. The van der Waals surface area contributed by atoms with Crippen LogP contribution < -0.4 is 29.6 Å². The van der Waals surface area contributed by atoms with E-state index in [1.807, 2.05) is 0 Å². The molecule has 0 spiro atoms. The maximum atomic E-state index is 9.08. The van der Waals surface area contributed by atoms with Gasteiger partial charge in [-0.25, -0.2) is 8.42 Å². The molecule has 10 heteroatoms. The molecule has 0 aromatic carbocycles. The van der Waals surface area contributed by atoms with Crippen LogP contribution in [0.3, 0.4) is 0 Å². The van der Waals surface area contributed by atoms with Gasteiger partial charge in [0.25, 0.3) is 0 Å². The standard InChI is InChI=1S/CH4O3S.ClHO3S.Na/c2*1-5(2,3)4;/h1H3,(H,2,3,4);(H,2,3,4);/q;;+1/p-1. The first-order valence-electron chi connectivity index (χ1n) is 1.58. The van der Waals surface area contributed by atoms with E-state index in [9.17, 15) is 0 Å². The Bertz CT molecular complexity index is 217. The molecule has 0 heterocycles. The maximum Gasteiger partial charge on any atom is 1.00 e. The molecule has 64 valence electrons. The second-order valence-electron chi connectivity index (χ2n) is 1.12. The molecule has 0 aliphatic heterocycles. The van der Waals surface area contributed by atoms with E-state index in [4.69, 9.17) is 25.9 Å². The number of halogens is 1. The van der Waals surface area contributed by atoms with Gasteiger partial charge in [0, 0.05) is 16.9 Å². The molecule has 1 N–H and O–H groups in total. The van der Waals surface area contributed by atoms with Crippen LogP contribution in [0.4, 0.5) is 0 Å². The normalized spacial score (nSPS) is 10.5. The Balaban J connectivity index is -0.000000107. The molecule has 6 nitrogen and oxygen atoms in total. The zero-order chi connectivity index (χ0) is 9.00. The van der Waals surface area contributed by atoms with E-state index in [1.165, 1.54) is 0 Å². The van der Waals surface area contributed by atoms with Crippen LogP contribution in [-0.2, 0) is 19.4 Å². The SMILES string of the molecule is CS(=O)(=O)[O-].O=S(=O)(O)Cl.[Na+]. The molecule has 0 fully saturated rings. The average molecular weight is 235 g/mol. The van der Waals surface area contributed by atoms with Gasteiger partial charge in [0.15, 0.2) is 0 Å². The second-order valence-corrected chi connectivity index (χ2v) is 4.52. The Labute approximate surface area is 91.2 Å². The van der Waals surface area contributed by atoms with Crippen molar-refractivity contribution in [1.29, 1.82) is 0 Å². The van der Waals surface area contributed by atoms with Gasteiger partial charge in [0.1, 0.15) is 0 Å². The molecule has 11 heavy (non-hydrogen) atoms. The third kappa shape index (κ3) is 748. The quantitative estimate of drug-likeness (QED) is 0.261. The van der Waals surface area contributed by atoms with Gasteiger partial charge in [0.05, 0.1) is 10.1 Å². The summed E-state index contributed by atoms with van der Waals surface area (Å²) in [5.74, 6) is 0. The minimum Gasteiger partial charge on any atom is -0.748 e. The van der Waals surface area contributed by atoms with Crippen LogP contribution in [0, 0.1) is 0 Å². The Kier molecular flexibility index (Phi) is 10.8. The summed E-state index contributed by atoms with van der Waals surface area (Å²) in [6, 6.07) is 0. The van der Waals surface area contributed by atoms with Gasteiger partial charge in [-0.3, -0.25) is 4.55 Å². The Hall–Kier alpha value is 1.11. The van der Waals surface area contributed by atoms with Gasteiger partial charge in [-0.05, 0) is 0 Å². The van der Waals surface area contributed by atoms with E-state index >= 15 is 0 Å². The fourth-order valence-electron chi connectivity index (χ4n) is 0. The first-order valence-corrected chi connectivity index (χ1v) is 5.66. The fourth-order valence-corrected chi connectivity index (χ4v) is 0. The van der Waals surface area contributed by atoms with Gasteiger partial charge in [-0.15, -0.1) is 0 Å². The topological polar surface area (TPSA) is 112 Å². The molecule has 0 amide bonds. The van der Waals surface area contributed by atoms with Crippen molar-refractivity contribution in [3.8, 4) is 0 Å². The van der Waals surface area contributed by atoms with Crippen molar-refractivity contribution in [2.45, 2.75) is 0 Å². The van der Waals surface area contributed by atoms with Crippen LogP contribution in [0.25, 0.3) is 0 Å². The van der Waals surface area contributed by atoms with E-state index in [-0.39, 0.29) is 29.6 Å². The number of rotatable bonds is 0. The molecular formula is CH4ClNaO6S2. The van der Waals surface area contributed by atoms with Gasteiger partial charge in [-0.2, -0.15) is 8.42 Å². The first-order chi connectivity index (χ1) is 4.00. The van der Waals surface area contributed by atoms with Crippen molar-refractivity contribution >= 4 is 30.1 Å². The summed E-state index contributed by atoms with van der Waals surface area (Å²) in [7, 11) is -4.05. The average Bonchev–Trinajstić information content (AvgIpc) is 1.12. The predicted octanol–water partition coefficient (Wildman–Crippen LogP) is -3.81. The minimum absolute atomic E-state index is 0. The van der Waals surface area contributed by atoms with Crippen molar-refractivity contribution < 1.29 is 55.5 Å². The Morgan fingerprint density at radius 1 is 1.27 bits per heavy atom. The molecule has 0 unspecified atom stereocenters. The first kappa shape index (κ1) is 18.0. The summed E-state index contributed by atoms with van der Waals surface area (Å²) in [6.45, 7) is 0. The van der Waals surface area contributed by atoms with Gasteiger partial charge >= 0.3 is 38.9 Å². The molecule has 0 radical (unpaired) electrons. The van der Waals surface area contributed by atoms with Gasteiger partial charge in [0.2, 0.25) is 0 Å². The molecule has 0 saturated carbocycles. The summed E-state index contributed by atoms with van der Waals surface area (Å²) < 4.78 is 52.4. The number of hydrogen-bond acceptors (Lipinski definition) is 5. The zero-order valence-electron chi connectivity index (χ0n) is 5.68. The molecular weight excluding hydrogens is 231 g/mol. The summed E-state index contributed by atoms with van der Waals surface area (Å²) in [4.78, 5) is 0. The molecule has 0 aliphatic carbocycles. The van der Waals surface area contributed by atoms with Gasteiger partial charge in [-0.1, -0.05) is 0 Å². The summed E-state index contributed by atoms with van der Waals surface area (Å²) in [6.07, 6.45) is 0.604.